The molecule has 1 fully saturated rings. The van der Waals surface area contributed by atoms with E-state index in [-0.39, 0.29) is 10.5 Å². The van der Waals surface area contributed by atoms with Crippen molar-refractivity contribution in [3.05, 3.63) is 69.1 Å². The molecule has 7 nitrogen and oxygen atoms in total. The molecule has 2 N–H and O–H groups in total. The largest absolute Gasteiger partial charge is 0.478 e. The van der Waals surface area contributed by atoms with Crippen LogP contribution in [0.5, 0.6) is 0 Å². The average molecular weight is 431 g/mol. The fourth-order valence-corrected chi connectivity index (χ4v) is 3.58. The maximum Gasteiger partial charge on any atom is 0.335 e. The molecule has 1 saturated heterocycles. The standard InChI is InChI=1S/C20H15ClN2O5S/c1-11-2-7-14(21)9-15(11)22-17(24)10-23-18(25)16(29-20(23)28)8-12-3-5-13(6-4-12)19(26)27/h2-9H,10H2,1H3,(H,22,24)(H,26,27)/b16-8+. The molecule has 2 aromatic carbocycles. The lowest BCUT2D eigenvalue weighted by Gasteiger charge is -2.13. The normalized spacial score (nSPS) is 15.1. The maximum absolute atomic E-state index is 12.5. The van der Waals surface area contributed by atoms with Gasteiger partial charge in [-0.05, 0) is 60.2 Å². The lowest BCUT2D eigenvalue weighted by atomic mass is 10.1. The molecule has 0 aromatic heterocycles. The number of thioether (sulfide) groups is 1. The zero-order valence-corrected chi connectivity index (χ0v) is 16.7. The number of amides is 3. The molecular weight excluding hydrogens is 416 g/mol. The first-order valence-electron chi connectivity index (χ1n) is 8.39. The average Bonchev–Trinajstić information content (AvgIpc) is 2.92. The van der Waals surface area contributed by atoms with Gasteiger partial charge < -0.3 is 10.4 Å². The van der Waals surface area contributed by atoms with Crippen LogP contribution in [0.15, 0.2) is 47.4 Å². The third-order valence-corrected chi connectivity index (χ3v) is 5.25. The monoisotopic (exact) mass is 430 g/mol. The minimum Gasteiger partial charge on any atom is -0.478 e. The predicted molar refractivity (Wildman–Crippen MR) is 111 cm³/mol. The molecule has 9 heteroatoms. The van der Waals surface area contributed by atoms with Gasteiger partial charge in [0.05, 0.1) is 10.5 Å². The van der Waals surface area contributed by atoms with Crippen LogP contribution in [0.2, 0.25) is 5.02 Å². The van der Waals surface area contributed by atoms with E-state index in [1.165, 1.54) is 30.3 Å². The topological polar surface area (TPSA) is 104 Å². The van der Waals surface area contributed by atoms with Crippen molar-refractivity contribution >= 4 is 58.1 Å². The highest BCUT2D eigenvalue weighted by Gasteiger charge is 2.36. The zero-order valence-electron chi connectivity index (χ0n) is 15.1. The highest BCUT2D eigenvalue weighted by molar-refractivity contribution is 8.18. The van der Waals surface area contributed by atoms with Gasteiger partial charge in [-0.25, -0.2) is 4.79 Å². The summed E-state index contributed by atoms with van der Waals surface area (Å²) in [6.45, 7) is 1.37. The summed E-state index contributed by atoms with van der Waals surface area (Å²) in [5.74, 6) is -2.16. The van der Waals surface area contributed by atoms with Crippen molar-refractivity contribution in [1.82, 2.24) is 4.90 Å². The Kier molecular flexibility index (Phi) is 6.05. The number of benzene rings is 2. The smallest absolute Gasteiger partial charge is 0.335 e. The van der Waals surface area contributed by atoms with E-state index in [1.807, 2.05) is 0 Å². The summed E-state index contributed by atoms with van der Waals surface area (Å²) >= 11 is 6.65. The number of carbonyl (C=O) groups excluding carboxylic acids is 3. The molecule has 0 saturated carbocycles. The Labute approximate surface area is 175 Å². The third kappa shape index (κ3) is 4.85. The number of carboxylic acid groups (broad SMARTS) is 1. The van der Waals surface area contributed by atoms with Gasteiger partial charge in [0, 0.05) is 10.7 Å². The molecule has 0 bridgehead atoms. The van der Waals surface area contributed by atoms with Crippen LogP contribution >= 0.6 is 23.4 Å². The number of nitrogens with one attached hydrogen (secondary N) is 1. The fraction of sp³-hybridized carbons (Fsp3) is 0.100. The first-order chi connectivity index (χ1) is 13.7. The van der Waals surface area contributed by atoms with E-state index in [2.05, 4.69) is 5.32 Å². The number of halogens is 1. The molecule has 1 heterocycles. The van der Waals surface area contributed by atoms with Crippen molar-refractivity contribution < 1.29 is 24.3 Å². The lowest BCUT2D eigenvalue weighted by molar-refractivity contribution is -0.127. The Morgan fingerprint density at radius 3 is 2.52 bits per heavy atom. The highest BCUT2D eigenvalue weighted by Crippen LogP contribution is 2.32. The predicted octanol–water partition coefficient (Wildman–Crippen LogP) is 4.02. The number of rotatable bonds is 5. The van der Waals surface area contributed by atoms with Gasteiger partial charge in [0.2, 0.25) is 5.91 Å². The van der Waals surface area contributed by atoms with Gasteiger partial charge in [0.1, 0.15) is 6.54 Å². The Morgan fingerprint density at radius 1 is 1.17 bits per heavy atom. The first kappa shape index (κ1) is 20.6. The summed E-state index contributed by atoms with van der Waals surface area (Å²) in [4.78, 5) is 48.9. The molecule has 0 radical (unpaired) electrons. The Morgan fingerprint density at radius 2 is 1.86 bits per heavy atom. The maximum atomic E-state index is 12.5. The van der Waals surface area contributed by atoms with Crippen molar-refractivity contribution in [2.24, 2.45) is 0 Å². The third-order valence-electron chi connectivity index (χ3n) is 4.10. The van der Waals surface area contributed by atoms with Crippen molar-refractivity contribution in [3.63, 3.8) is 0 Å². The molecule has 1 aliphatic rings. The van der Waals surface area contributed by atoms with Crippen molar-refractivity contribution in [2.45, 2.75) is 6.92 Å². The molecule has 0 unspecified atom stereocenters. The van der Waals surface area contributed by atoms with E-state index in [0.717, 1.165) is 22.2 Å². The number of carboxylic acids is 1. The van der Waals surface area contributed by atoms with Crippen LogP contribution in [0.4, 0.5) is 10.5 Å². The minimum absolute atomic E-state index is 0.114. The Bertz CT molecular complexity index is 1050. The second-order valence-electron chi connectivity index (χ2n) is 6.20. The summed E-state index contributed by atoms with van der Waals surface area (Å²) in [7, 11) is 0. The fourth-order valence-electron chi connectivity index (χ4n) is 2.57. The van der Waals surface area contributed by atoms with Crippen LogP contribution in [0.1, 0.15) is 21.5 Å². The van der Waals surface area contributed by atoms with Gasteiger partial charge in [-0.3, -0.25) is 19.3 Å². The van der Waals surface area contributed by atoms with E-state index >= 15 is 0 Å². The van der Waals surface area contributed by atoms with Crippen LogP contribution in [0, 0.1) is 6.92 Å². The SMILES string of the molecule is Cc1ccc(Cl)cc1NC(=O)CN1C(=O)S/C(=C/c2ccc(C(=O)O)cc2)C1=O. The van der Waals surface area contributed by atoms with Gasteiger partial charge in [-0.15, -0.1) is 0 Å². The number of aromatic carboxylic acids is 1. The Hall–Kier alpha value is -3.10. The van der Waals surface area contributed by atoms with Gasteiger partial charge >= 0.3 is 5.97 Å². The molecule has 0 spiro atoms. The number of hydrogen-bond acceptors (Lipinski definition) is 5. The number of imide groups is 1. The summed E-state index contributed by atoms with van der Waals surface area (Å²) in [6.07, 6.45) is 1.48. The number of hydrogen-bond donors (Lipinski definition) is 2. The number of nitrogens with zero attached hydrogens (tertiary/aromatic N) is 1. The molecule has 3 amide bonds. The number of aryl methyl sites for hydroxylation is 1. The second kappa shape index (κ2) is 8.50. The van der Waals surface area contributed by atoms with Crippen LogP contribution < -0.4 is 5.32 Å². The van der Waals surface area contributed by atoms with Crippen LogP contribution in [0.25, 0.3) is 6.08 Å². The van der Waals surface area contributed by atoms with Crippen molar-refractivity contribution in [2.75, 3.05) is 11.9 Å². The van der Waals surface area contributed by atoms with E-state index < -0.39 is 29.6 Å². The minimum atomic E-state index is -1.06. The van der Waals surface area contributed by atoms with Crippen LogP contribution in [0.3, 0.4) is 0 Å². The molecule has 1 aliphatic heterocycles. The molecule has 2 aromatic rings. The molecule has 0 aliphatic carbocycles. The summed E-state index contributed by atoms with van der Waals surface area (Å²) < 4.78 is 0. The van der Waals surface area contributed by atoms with Gasteiger partial charge in [-0.1, -0.05) is 29.8 Å². The zero-order chi connectivity index (χ0) is 21.1. The van der Waals surface area contributed by atoms with Crippen molar-refractivity contribution in [3.8, 4) is 0 Å². The quantitative estimate of drug-likeness (QED) is 0.694. The van der Waals surface area contributed by atoms with E-state index in [0.29, 0.717) is 16.3 Å². The van der Waals surface area contributed by atoms with Crippen LogP contribution in [-0.2, 0) is 9.59 Å². The van der Waals surface area contributed by atoms with E-state index in [9.17, 15) is 19.2 Å². The summed E-state index contributed by atoms with van der Waals surface area (Å²) in [5, 5.41) is 11.5. The van der Waals surface area contributed by atoms with Gasteiger partial charge in [0.15, 0.2) is 0 Å². The number of carbonyl (C=O) groups is 4. The van der Waals surface area contributed by atoms with E-state index in [1.54, 1.807) is 25.1 Å². The molecular formula is C20H15ClN2O5S. The first-order valence-corrected chi connectivity index (χ1v) is 9.59. The van der Waals surface area contributed by atoms with Gasteiger partial charge in [0.25, 0.3) is 11.1 Å². The van der Waals surface area contributed by atoms with Crippen molar-refractivity contribution in [1.29, 1.82) is 0 Å². The molecule has 3 rings (SSSR count). The molecule has 29 heavy (non-hydrogen) atoms. The van der Waals surface area contributed by atoms with Gasteiger partial charge in [-0.2, -0.15) is 0 Å². The lowest BCUT2D eigenvalue weighted by Crippen LogP contribution is -2.36. The second-order valence-corrected chi connectivity index (χ2v) is 7.63. The molecule has 148 valence electrons. The molecule has 0 atom stereocenters. The highest BCUT2D eigenvalue weighted by atomic mass is 35.5. The van der Waals surface area contributed by atoms with E-state index in [4.69, 9.17) is 16.7 Å². The number of anilines is 1. The Balaban J connectivity index is 1.70. The summed E-state index contributed by atoms with van der Waals surface area (Å²) in [6, 6.07) is 10.9. The summed E-state index contributed by atoms with van der Waals surface area (Å²) in [5.41, 5.74) is 1.98. The van der Waals surface area contributed by atoms with Crippen LogP contribution in [-0.4, -0.2) is 39.6 Å².